The van der Waals surface area contributed by atoms with E-state index in [2.05, 4.69) is 16.0 Å². The van der Waals surface area contributed by atoms with Gasteiger partial charge in [0.05, 0.1) is 6.54 Å². The molecule has 0 radical (unpaired) electrons. The first-order chi connectivity index (χ1) is 9.93. The van der Waals surface area contributed by atoms with E-state index in [0.29, 0.717) is 6.42 Å². The Kier molecular flexibility index (Phi) is 6.88. The molecule has 3 N–H and O–H groups in total. The molecule has 0 aromatic heterocycles. The van der Waals surface area contributed by atoms with Crippen molar-refractivity contribution in [2.24, 2.45) is 0 Å². The van der Waals surface area contributed by atoms with Crippen molar-refractivity contribution in [1.29, 1.82) is 0 Å². The zero-order chi connectivity index (χ0) is 15.8. The molecule has 0 fully saturated rings. The van der Waals surface area contributed by atoms with E-state index in [4.69, 9.17) is 0 Å². The summed E-state index contributed by atoms with van der Waals surface area (Å²) in [6.07, 6.45) is 1.19. The van der Waals surface area contributed by atoms with Crippen molar-refractivity contribution in [2.75, 3.05) is 25.5 Å². The average Bonchev–Trinajstić information content (AvgIpc) is 2.41. The van der Waals surface area contributed by atoms with Gasteiger partial charge >= 0.3 is 0 Å². The predicted octanol–water partition coefficient (Wildman–Crippen LogP) is 1.67. The number of nitrogens with one attached hydrogen (secondary N) is 3. The Morgan fingerprint density at radius 2 is 1.67 bits per heavy atom. The number of amides is 2. The van der Waals surface area contributed by atoms with E-state index in [1.54, 1.807) is 0 Å². The lowest BCUT2D eigenvalue weighted by Crippen LogP contribution is -2.33. The first-order valence-corrected chi connectivity index (χ1v) is 7.23. The van der Waals surface area contributed by atoms with Crippen LogP contribution >= 0.6 is 0 Å². The summed E-state index contributed by atoms with van der Waals surface area (Å²) in [5, 5.41) is 8.47. The summed E-state index contributed by atoms with van der Waals surface area (Å²) in [6, 6.07) is 4.05. The Morgan fingerprint density at radius 3 is 2.24 bits per heavy atom. The lowest BCUT2D eigenvalue weighted by atomic mass is 10.1. The van der Waals surface area contributed by atoms with Crippen molar-refractivity contribution < 1.29 is 9.59 Å². The highest BCUT2D eigenvalue weighted by atomic mass is 16.2. The fourth-order valence-electron chi connectivity index (χ4n) is 2.25. The quantitative estimate of drug-likeness (QED) is 0.669. The zero-order valence-electron chi connectivity index (χ0n) is 13.3. The van der Waals surface area contributed by atoms with Gasteiger partial charge in [-0.3, -0.25) is 9.59 Å². The Balaban J connectivity index is 2.46. The van der Waals surface area contributed by atoms with Crippen LogP contribution in [0.2, 0.25) is 0 Å². The molecule has 5 nitrogen and oxygen atoms in total. The Bertz CT molecular complexity index is 489. The maximum absolute atomic E-state index is 11.9. The molecule has 0 aliphatic carbocycles. The lowest BCUT2D eigenvalue weighted by Gasteiger charge is -2.13. The summed E-state index contributed by atoms with van der Waals surface area (Å²) in [5.74, 6) is -0.301. The van der Waals surface area contributed by atoms with Crippen molar-refractivity contribution in [2.45, 2.75) is 33.6 Å². The normalized spacial score (nSPS) is 10.3. The van der Waals surface area contributed by atoms with E-state index in [9.17, 15) is 9.59 Å². The standard InChI is InChI=1S/C16H25N3O2/c1-11-8-12(2)16(13(3)9-11)19-15(21)10-18-14(20)6-5-7-17-4/h8-9,17H,5-7,10H2,1-4H3,(H,18,20)(H,19,21). The molecular formula is C16H25N3O2. The van der Waals surface area contributed by atoms with Gasteiger partial charge in [-0.1, -0.05) is 17.7 Å². The fourth-order valence-corrected chi connectivity index (χ4v) is 2.25. The van der Waals surface area contributed by atoms with Gasteiger partial charge in [0.1, 0.15) is 0 Å². The van der Waals surface area contributed by atoms with Crippen LogP contribution in [0.4, 0.5) is 5.69 Å². The van der Waals surface area contributed by atoms with E-state index in [1.807, 2.05) is 40.0 Å². The third-order valence-corrected chi connectivity index (χ3v) is 3.22. The van der Waals surface area contributed by atoms with E-state index in [-0.39, 0.29) is 18.4 Å². The van der Waals surface area contributed by atoms with Crippen LogP contribution in [0, 0.1) is 20.8 Å². The molecule has 1 rings (SSSR count). The Labute approximate surface area is 126 Å². The van der Waals surface area contributed by atoms with E-state index < -0.39 is 0 Å². The van der Waals surface area contributed by atoms with Gasteiger partial charge in [-0.15, -0.1) is 0 Å². The molecule has 0 bridgehead atoms. The summed E-state index contributed by atoms with van der Waals surface area (Å²) in [7, 11) is 1.84. The smallest absolute Gasteiger partial charge is 0.243 e. The molecule has 5 heteroatoms. The zero-order valence-corrected chi connectivity index (χ0v) is 13.3. The number of benzene rings is 1. The number of carbonyl (C=O) groups is 2. The molecule has 116 valence electrons. The Hall–Kier alpha value is -1.88. The first kappa shape index (κ1) is 17.2. The molecule has 0 aliphatic heterocycles. The summed E-state index contributed by atoms with van der Waals surface area (Å²) in [6.45, 7) is 6.75. The molecule has 0 atom stereocenters. The average molecular weight is 291 g/mol. The van der Waals surface area contributed by atoms with Gasteiger partial charge in [0.15, 0.2) is 0 Å². The van der Waals surface area contributed by atoms with Crippen molar-refractivity contribution in [1.82, 2.24) is 10.6 Å². The molecule has 0 saturated carbocycles. The van der Waals surface area contributed by atoms with Gasteiger partial charge in [0, 0.05) is 12.1 Å². The van der Waals surface area contributed by atoms with E-state index in [0.717, 1.165) is 29.8 Å². The van der Waals surface area contributed by atoms with E-state index >= 15 is 0 Å². The Morgan fingerprint density at radius 1 is 1.05 bits per heavy atom. The van der Waals surface area contributed by atoms with Gasteiger partial charge in [-0.05, 0) is 51.9 Å². The number of anilines is 1. The topological polar surface area (TPSA) is 70.2 Å². The van der Waals surface area contributed by atoms with Gasteiger partial charge in [0.25, 0.3) is 0 Å². The predicted molar refractivity (Wildman–Crippen MR) is 85.5 cm³/mol. The summed E-state index contributed by atoms with van der Waals surface area (Å²) >= 11 is 0. The van der Waals surface area contributed by atoms with Crippen LogP contribution in [-0.2, 0) is 9.59 Å². The molecular weight excluding hydrogens is 266 g/mol. The van der Waals surface area contributed by atoms with E-state index in [1.165, 1.54) is 5.56 Å². The minimum Gasteiger partial charge on any atom is -0.347 e. The second kappa shape index (κ2) is 8.42. The molecule has 0 aliphatic rings. The van der Waals surface area contributed by atoms with Crippen molar-refractivity contribution >= 4 is 17.5 Å². The number of aryl methyl sites for hydroxylation is 3. The van der Waals surface area contributed by atoms with Crippen LogP contribution in [0.1, 0.15) is 29.5 Å². The van der Waals surface area contributed by atoms with Crippen LogP contribution in [0.25, 0.3) is 0 Å². The maximum atomic E-state index is 11.9. The van der Waals surface area contributed by atoms with Crippen molar-refractivity contribution in [3.63, 3.8) is 0 Å². The number of hydrogen-bond donors (Lipinski definition) is 3. The molecule has 0 heterocycles. The summed E-state index contributed by atoms with van der Waals surface area (Å²) < 4.78 is 0. The monoisotopic (exact) mass is 291 g/mol. The second-order valence-corrected chi connectivity index (χ2v) is 5.31. The van der Waals surface area contributed by atoms with Crippen LogP contribution in [0.15, 0.2) is 12.1 Å². The largest absolute Gasteiger partial charge is 0.347 e. The molecule has 2 amide bonds. The highest BCUT2D eigenvalue weighted by Gasteiger charge is 2.09. The summed E-state index contributed by atoms with van der Waals surface area (Å²) in [5.41, 5.74) is 4.05. The van der Waals surface area contributed by atoms with Gasteiger partial charge in [0.2, 0.25) is 11.8 Å². The SMILES string of the molecule is CNCCCC(=O)NCC(=O)Nc1c(C)cc(C)cc1C. The third-order valence-electron chi connectivity index (χ3n) is 3.22. The molecule has 0 unspecified atom stereocenters. The van der Waals surface area contributed by atoms with Crippen LogP contribution < -0.4 is 16.0 Å². The minimum absolute atomic E-state index is 0.00510. The lowest BCUT2D eigenvalue weighted by molar-refractivity contribution is -0.124. The van der Waals surface area contributed by atoms with Crippen molar-refractivity contribution in [3.8, 4) is 0 Å². The van der Waals surface area contributed by atoms with Gasteiger partial charge in [-0.25, -0.2) is 0 Å². The highest BCUT2D eigenvalue weighted by Crippen LogP contribution is 2.21. The number of hydrogen-bond acceptors (Lipinski definition) is 3. The number of carbonyl (C=O) groups excluding carboxylic acids is 2. The molecule has 0 spiro atoms. The van der Waals surface area contributed by atoms with Gasteiger partial charge in [-0.2, -0.15) is 0 Å². The van der Waals surface area contributed by atoms with Gasteiger partial charge < -0.3 is 16.0 Å². The van der Waals surface area contributed by atoms with Crippen molar-refractivity contribution in [3.05, 3.63) is 28.8 Å². The summed E-state index contributed by atoms with van der Waals surface area (Å²) in [4.78, 5) is 23.4. The van der Waals surface area contributed by atoms with Crippen LogP contribution in [0.3, 0.4) is 0 Å². The molecule has 21 heavy (non-hydrogen) atoms. The molecule has 1 aromatic carbocycles. The number of rotatable bonds is 7. The highest BCUT2D eigenvalue weighted by molar-refractivity contribution is 5.95. The third kappa shape index (κ3) is 5.95. The molecule has 1 aromatic rings. The minimum atomic E-state index is -0.202. The fraction of sp³-hybridized carbons (Fsp3) is 0.500. The first-order valence-electron chi connectivity index (χ1n) is 7.23. The molecule has 0 saturated heterocycles. The van der Waals surface area contributed by atoms with Crippen LogP contribution in [0.5, 0.6) is 0 Å². The second-order valence-electron chi connectivity index (χ2n) is 5.31. The maximum Gasteiger partial charge on any atom is 0.243 e. The van der Waals surface area contributed by atoms with Crippen LogP contribution in [-0.4, -0.2) is 32.0 Å².